The summed E-state index contributed by atoms with van der Waals surface area (Å²) in [5.74, 6) is 1.12. The van der Waals surface area contributed by atoms with Crippen LogP contribution in [0.5, 0.6) is 0 Å². The fraction of sp³-hybridized carbons (Fsp3) is 0.750. The number of nitrogens with zero attached hydrogens (tertiary/aromatic N) is 2. The lowest BCUT2D eigenvalue weighted by atomic mass is 10.2. The smallest absolute Gasteiger partial charge is 0.122 e. The lowest BCUT2D eigenvalue weighted by Gasteiger charge is -2.11. The number of hydrogen-bond donors (Lipinski definition) is 1. The van der Waals surface area contributed by atoms with E-state index in [1.54, 1.807) is 0 Å². The molecule has 0 bridgehead atoms. The molecule has 16 heavy (non-hydrogen) atoms. The number of aromatic nitrogens is 2. The van der Waals surface area contributed by atoms with Gasteiger partial charge in [-0.2, -0.15) is 0 Å². The second-order valence-corrected chi connectivity index (χ2v) is 4.30. The Bertz CT molecular complexity index is 305. The van der Waals surface area contributed by atoms with Gasteiger partial charge in [0.25, 0.3) is 0 Å². The molecule has 1 aromatic rings. The van der Waals surface area contributed by atoms with E-state index < -0.39 is 0 Å². The van der Waals surface area contributed by atoms with Gasteiger partial charge in [-0.1, -0.05) is 6.92 Å². The van der Waals surface area contributed by atoms with E-state index in [4.69, 9.17) is 4.74 Å². The molecular formula is C12H21N3O. The van der Waals surface area contributed by atoms with Crippen LogP contribution in [0.3, 0.4) is 0 Å². The van der Waals surface area contributed by atoms with E-state index in [0.717, 1.165) is 38.5 Å². The Morgan fingerprint density at radius 1 is 1.62 bits per heavy atom. The second-order valence-electron chi connectivity index (χ2n) is 4.30. The molecule has 0 spiro atoms. The van der Waals surface area contributed by atoms with Crippen LogP contribution < -0.4 is 5.32 Å². The van der Waals surface area contributed by atoms with E-state index in [1.807, 2.05) is 12.4 Å². The minimum absolute atomic E-state index is 0.412. The van der Waals surface area contributed by atoms with Gasteiger partial charge in [0.1, 0.15) is 5.82 Å². The Hall–Kier alpha value is -0.870. The Balaban J connectivity index is 1.73. The van der Waals surface area contributed by atoms with Crippen LogP contribution in [0.1, 0.15) is 32.0 Å². The summed E-state index contributed by atoms with van der Waals surface area (Å²) in [6, 6.07) is 0. The van der Waals surface area contributed by atoms with Crippen molar-refractivity contribution in [3.05, 3.63) is 18.2 Å². The summed E-state index contributed by atoms with van der Waals surface area (Å²) >= 11 is 0. The van der Waals surface area contributed by atoms with Gasteiger partial charge in [0.15, 0.2) is 0 Å². The second kappa shape index (κ2) is 6.01. The highest BCUT2D eigenvalue weighted by molar-refractivity contribution is 4.92. The quantitative estimate of drug-likeness (QED) is 0.795. The summed E-state index contributed by atoms with van der Waals surface area (Å²) in [6.45, 7) is 5.95. The van der Waals surface area contributed by atoms with Crippen molar-refractivity contribution in [2.75, 3.05) is 13.2 Å². The first-order valence-electron chi connectivity index (χ1n) is 6.22. The molecule has 1 aliphatic rings. The first kappa shape index (κ1) is 11.6. The molecule has 2 heterocycles. The predicted octanol–water partition coefficient (Wildman–Crippen LogP) is 1.56. The van der Waals surface area contributed by atoms with E-state index in [1.165, 1.54) is 12.8 Å². The molecule has 2 rings (SSSR count). The van der Waals surface area contributed by atoms with Crippen LogP contribution in [0.15, 0.2) is 12.4 Å². The molecule has 1 saturated heterocycles. The van der Waals surface area contributed by atoms with Crippen molar-refractivity contribution in [2.24, 2.45) is 0 Å². The van der Waals surface area contributed by atoms with Crippen molar-refractivity contribution < 1.29 is 4.74 Å². The van der Waals surface area contributed by atoms with Gasteiger partial charge < -0.3 is 14.6 Å². The molecule has 1 aliphatic heterocycles. The van der Waals surface area contributed by atoms with Crippen LogP contribution in [-0.2, 0) is 17.8 Å². The summed E-state index contributed by atoms with van der Waals surface area (Å²) in [4.78, 5) is 4.36. The summed E-state index contributed by atoms with van der Waals surface area (Å²) in [5.41, 5.74) is 0. The van der Waals surface area contributed by atoms with Crippen molar-refractivity contribution in [2.45, 2.75) is 45.4 Å². The zero-order valence-corrected chi connectivity index (χ0v) is 9.98. The average molecular weight is 223 g/mol. The molecule has 1 aromatic heterocycles. The third kappa shape index (κ3) is 3.06. The molecule has 1 N–H and O–H groups in total. The maximum absolute atomic E-state index is 5.56. The van der Waals surface area contributed by atoms with Crippen molar-refractivity contribution in [3.8, 4) is 0 Å². The van der Waals surface area contributed by atoms with Crippen molar-refractivity contribution in [1.29, 1.82) is 0 Å². The normalized spacial score (nSPS) is 20.4. The summed E-state index contributed by atoms with van der Waals surface area (Å²) in [5, 5.41) is 3.42. The van der Waals surface area contributed by atoms with Gasteiger partial charge in [0, 0.05) is 32.1 Å². The third-order valence-corrected chi connectivity index (χ3v) is 2.95. The van der Waals surface area contributed by atoms with Crippen LogP contribution in [0.25, 0.3) is 0 Å². The molecule has 0 saturated carbocycles. The molecule has 1 unspecified atom stereocenters. The molecule has 1 fully saturated rings. The van der Waals surface area contributed by atoms with E-state index in [9.17, 15) is 0 Å². The molecular weight excluding hydrogens is 202 g/mol. The lowest BCUT2D eigenvalue weighted by Crippen LogP contribution is -2.27. The standard InChI is InChI=1S/C12H21N3O/c1-2-6-15-7-5-14-12(15)10-13-9-11-4-3-8-16-11/h5,7,11,13H,2-4,6,8-10H2,1H3. The zero-order valence-electron chi connectivity index (χ0n) is 9.98. The van der Waals surface area contributed by atoms with Crippen molar-refractivity contribution in [1.82, 2.24) is 14.9 Å². The number of aryl methyl sites for hydroxylation is 1. The van der Waals surface area contributed by atoms with Gasteiger partial charge >= 0.3 is 0 Å². The predicted molar refractivity (Wildman–Crippen MR) is 63.2 cm³/mol. The average Bonchev–Trinajstić information content (AvgIpc) is 2.91. The molecule has 0 aliphatic carbocycles. The first-order chi connectivity index (χ1) is 7.90. The number of hydrogen-bond acceptors (Lipinski definition) is 3. The molecule has 0 radical (unpaired) electrons. The third-order valence-electron chi connectivity index (χ3n) is 2.95. The highest BCUT2D eigenvalue weighted by Gasteiger charge is 2.14. The molecule has 90 valence electrons. The largest absolute Gasteiger partial charge is 0.377 e. The minimum atomic E-state index is 0.412. The maximum Gasteiger partial charge on any atom is 0.122 e. The summed E-state index contributed by atoms with van der Waals surface area (Å²) in [7, 11) is 0. The van der Waals surface area contributed by atoms with Crippen LogP contribution in [-0.4, -0.2) is 28.8 Å². The summed E-state index contributed by atoms with van der Waals surface area (Å²) < 4.78 is 7.77. The Morgan fingerprint density at radius 3 is 3.31 bits per heavy atom. The molecule has 4 nitrogen and oxygen atoms in total. The first-order valence-corrected chi connectivity index (χ1v) is 6.22. The Kier molecular flexibility index (Phi) is 4.36. The Labute approximate surface area is 97.0 Å². The fourth-order valence-electron chi connectivity index (χ4n) is 2.10. The molecule has 0 aromatic carbocycles. The highest BCUT2D eigenvalue weighted by atomic mass is 16.5. The zero-order chi connectivity index (χ0) is 11.2. The number of ether oxygens (including phenoxy) is 1. The van der Waals surface area contributed by atoms with E-state index in [2.05, 4.69) is 21.8 Å². The van der Waals surface area contributed by atoms with Crippen LogP contribution in [0, 0.1) is 0 Å². The number of nitrogens with one attached hydrogen (secondary N) is 1. The fourth-order valence-corrected chi connectivity index (χ4v) is 2.10. The van der Waals surface area contributed by atoms with Gasteiger partial charge in [-0.25, -0.2) is 4.98 Å². The van der Waals surface area contributed by atoms with E-state index in [0.29, 0.717) is 6.10 Å². The molecule has 0 amide bonds. The maximum atomic E-state index is 5.56. The number of imidazole rings is 1. The van der Waals surface area contributed by atoms with Gasteiger partial charge in [0.2, 0.25) is 0 Å². The monoisotopic (exact) mass is 223 g/mol. The topological polar surface area (TPSA) is 39.1 Å². The van der Waals surface area contributed by atoms with Gasteiger partial charge in [-0.05, 0) is 19.3 Å². The van der Waals surface area contributed by atoms with Crippen LogP contribution in [0.4, 0.5) is 0 Å². The SMILES string of the molecule is CCCn1ccnc1CNCC1CCCO1. The van der Waals surface area contributed by atoms with Gasteiger partial charge in [-0.15, -0.1) is 0 Å². The van der Waals surface area contributed by atoms with E-state index in [-0.39, 0.29) is 0 Å². The number of rotatable bonds is 6. The van der Waals surface area contributed by atoms with Crippen molar-refractivity contribution >= 4 is 0 Å². The molecule has 4 heteroatoms. The Morgan fingerprint density at radius 2 is 2.56 bits per heavy atom. The molecule has 1 atom stereocenters. The van der Waals surface area contributed by atoms with Crippen LogP contribution >= 0.6 is 0 Å². The minimum Gasteiger partial charge on any atom is -0.377 e. The van der Waals surface area contributed by atoms with E-state index >= 15 is 0 Å². The van der Waals surface area contributed by atoms with Gasteiger partial charge in [0.05, 0.1) is 12.6 Å². The van der Waals surface area contributed by atoms with Crippen molar-refractivity contribution in [3.63, 3.8) is 0 Å². The van der Waals surface area contributed by atoms with Crippen LogP contribution in [0.2, 0.25) is 0 Å². The summed E-state index contributed by atoms with van der Waals surface area (Å²) in [6.07, 6.45) is 7.88. The van der Waals surface area contributed by atoms with Gasteiger partial charge in [-0.3, -0.25) is 0 Å². The lowest BCUT2D eigenvalue weighted by molar-refractivity contribution is 0.109. The highest BCUT2D eigenvalue weighted by Crippen LogP contribution is 2.10.